The minimum atomic E-state index is -0.306. The van der Waals surface area contributed by atoms with Gasteiger partial charge in [-0.3, -0.25) is 0 Å². The molecule has 1 aromatic carbocycles. The normalized spacial score (nSPS) is 17.0. The molecule has 0 saturated heterocycles. The van der Waals surface area contributed by atoms with E-state index < -0.39 is 0 Å². The fourth-order valence-corrected chi connectivity index (χ4v) is 2.96. The van der Waals surface area contributed by atoms with Gasteiger partial charge in [-0.25, -0.2) is 9.07 Å². The Morgan fingerprint density at radius 3 is 3.09 bits per heavy atom. The van der Waals surface area contributed by atoms with E-state index in [4.69, 9.17) is 9.47 Å². The van der Waals surface area contributed by atoms with Gasteiger partial charge in [-0.05, 0) is 13.0 Å². The van der Waals surface area contributed by atoms with Gasteiger partial charge in [-0.15, -0.1) is 0 Å². The van der Waals surface area contributed by atoms with Crippen LogP contribution in [-0.2, 0) is 13.6 Å². The average Bonchev–Trinajstić information content (AvgIpc) is 2.78. The van der Waals surface area contributed by atoms with Crippen LogP contribution in [0.15, 0.2) is 18.2 Å². The van der Waals surface area contributed by atoms with Crippen LogP contribution in [0.1, 0.15) is 29.3 Å². The lowest BCUT2D eigenvalue weighted by molar-refractivity contribution is 0.240. The van der Waals surface area contributed by atoms with Gasteiger partial charge in [0.15, 0.2) is 11.6 Å². The Labute approximate surface area is 129 Å². The van der Waals surface area contributed by atoms with Crippen LogP contribution in [0.2, 0.25) is 0 Å². The molecule has 0 radical (unpaired) electrons. The lowest BCUT2D eigenvalue weighted by atomic mass is 10.00. The lowest BCUT2D eigenvalue weighted by Crippen LogP contribution is -2.27. The highest BCUT2D eigenvalue weighted by molar-refractivity contribution is 5.39. The Hall–Kier alpha value is -2.08. The van der Waals surface area contributed by atoms with E-state index in [-0.39, 0.29) is 11.9 Å². The molecule has 1 N–H and O–H groups in total. The Balaban J connectivity index is 1.80. The molecule has 0 spiro atoms. The minimum Gasteiger partial charge on any atom is -0.490 e. The largest absolute Gasteiger partial charge is 0.490 e. The predicted octanol–water partition coefficient (Wildman–Crippen LogP) is 2.49. The smallest absolute Gasteiger partial charge is 0.216 e. The summed E-state index contributed by atoms with van der Waals surface area (Å²) in [5, 5.41) is 7.84. The second kappa shape index (κ2) is 5.96. The van der Waals surface area contributed by atoms with E-state index in [1.54, 1.807) is 17.9 Å². The summed E-state index contributed by atoms with van der Waals surface area (Å²) in [6.07, 6.45) is 0.804. The summed E-state index contributed by atoms with van der Waals surface area (Å²) in [4.78, 5) is 0. The highest BCUT2D eigenvalue weighted by atomic mass is 19.1. The Kier molecular flexibility index (Phi) is 4.02. The molecule has 3 rings (SSSR count). The lowest BCUT2D eigenvalue weighted by Gasteiger charge is -2.27. The number of halogens is 1. The van der Waals surface area contributed by atoms with E-state index in [0.717, 1.165) is 29.1 Å². The molecule has 1 unspecified atom stereocenters. The Morgan fingerprint density at radius 2 is 2.32 bits per heavy atom. The highest BCUT2D eigenvalue weighted by Gasteiger charge is 2.24. The number of fused-ring (bicyclic) bond motifs is 1. The fourth-order valence-electron chi connectivity index (χ4n) is 2.96. The third kappa shape index (κ3) is 2.54. The van der Waals surface area contributed by atoms with Gasteiger partial charge in [0.2, 0.25) is 5.88 Å². The molecule has 5 nitrogen and oxygen atoms in total. The number of methoxy groups -OCH3 is 1. The molecule has 1 aliphatic heterocycles. The van der Waals surface area contributed by atoms with Crippen LogP contribution >= 0.6 is 0 Å². The van der Waals surface area contributed by atoms with Gasteiger partial charge < -0.3 is 14.8 Å². The first-order chi connectivity index (χ1) is 10.6. The van der Waals surface area contributed by atoms with Gasteiger partial charge in [-0.1, -0.05) is 12.1 Å². The van der Waals surface area contributed by atoms with Gasteiger partial charge >= 0.3 is 0 Å². The van der Waals surface area contributed by atoms with E-state index in [2.05, 4.69) is 10.4 Å². The van der Waals surface area contributed by atoms with Crippen molar-refractivity contribution < 1.29 is 13.9 Å². The number of hydrogen-bond acceptors (Lipinski definition) is 4. The van der Waals surface area contributed by atoms with E-state index in [0.29, 0.717) is 18.9 Å². The van der Waals surface area contributed by atoms with Crippen molar-refractivity contribution in [1.82, 2.24) is 15.1 Å². The molecule has 1 aliphatic rings. The number of nitrogens with zero attached hydrogens (tertiary/aromatic N) is 2. The maximum absolute atomic E-state index is 13.8. The van der Waals surface area contributed by atoms with Gasteiger partial charge in [0.05, 0.1) is 25.0 Å². The summed E-state index contributed by atoms with van der Waals surface area (Å²) in [5.74, 6) is 0.803. The molecule has 0 fully saturated rings. The zero-order valence-corrected chi connectivity index (χ0v) is 13.0. The van der Waals surface area contributed by atoms with Crippen LogP contribution in [0.3, 0.4) is 0 Å². The van der Waals surface area contributed by atoms with E-state index in [1.807, 2.05) is 20.0 Å². The molecule has 2 aromatic rings. The summed E-state index contributed by atoms with van der Waals surface area (Å²) in [6.45, 7) is 3.08. The second-order valence-corrected chi connectivity index (χ2v) is 5.43. The van der Waals surface area contributed by atoms with Crippen molar-refractivity contribution >= 4 is 0 Å². The fraction of sp³-hybridized carbons (Fsp3) is 0.438. The standard InChI is InChI=1S/C16H20FN3O2/c1-10-12(16(21-3)20(2)19-10)9-18-14-7-8-22-15-11(14)5-4-6-13(15)17/h4-6,14,18H,7-9H2,1-3H3. The zero-order valence-electron chi connectivity index (χ0n) is 13.0. The van der Waals surface area contributed by atoms with Crippen molar-refractivity contribution in [3.8, 4) is 11.6 Å². The Bertz CT molecular complexity index is 684. The molecule has 2 heterocycles. The molecule has 0 bridgehead atoms. The number of aromatic nitrogens is 2. The van der Waals surface area contributed by atoms with Crippen molar-refractivity contribution in [3.63, 3.8) is 0 Å². The third-order valence-corrected chi connectivity index (χ3v) is 4.03. The van der Waals surface area contributed by atoms with Gasteiger partial charge in [0.25, 0.3) is 0 Å². The number of para-hydroxylation sites is 1. The zero-order chi connectivity index (χ0) is 15.7. The molecule has 0 saturated carbocycles. The van der Waals surface area contributed by atoms with Gasteiger partial charge in [0.1, 0.15) is 0 Å². The Morgan fingerprint density at radius 1 is 1.50 bits per heavy atom. The molecular weight excluding hydrogens is 285 g/mol. The van der Waals surface area contributed by atoms with Gasteiger partial charge in [0, 0.05) is 31.6 Å². The van der Waals surface area contributed by atoms with E-state index >= 15 is 0 Å². The molecule has 1 atom stereocenters. The maximum Gasteiger partial charge on any atom is 0.216 e. The molecule has 0 amide bonds. The maximum atomic E-state index is 13.8. The molecule has 0 aliphatic carbocycles. The van der Waals surface area contributed by atoms with Crippen molar-refractivity contribution in [2.24, 2.45) is 7.05 Å². The SMILES string of the molecule is COc1c(CNC2CCOc3c(F)cccc32)c(C)nn1C. The topological polar surface area (TPSA) is 48.3 Å². The number of aryl methyl sites for hydroxylation is 2. The summed E-state index contributed by atoms with van der Waals surface area (Å²) >= 11 is 0. The molecule has 118 valence electrons. The van der Waals surface area contributed by atoms with Gasteiger partial charge in [-0.2, -0.15) is 5.10 Å². The first kappa shape index (κ1) is 14.8. The number of ether oxygens (including phenoxy) is 2. The van der Waals surface area contributed by atoms with Crippen LogP contribution in [0.4, 0.5) is 4.39 Å². The van der Waals surface area contributed by atoms with Crippen LogP contribution in [0.25, 0.3) is 0 Å². The van der Waals surface area contributed by atoms with Crippen molar-refractivity contribution in [2.45, 2.75) is 25.9 Å². The number of benzene rings is 1. The molecular formula is C16H20FN3O2. The monoisotopic (exact) mass is 305 g/mol. The summed E-state index contributed by atoms with van der Waals surface area (Å²) < 4.78 is 26.4. The van der Waals surface area contributed by atoms with Crippen LogP contribution in [0, 0.1) is 12.7 Å². The first-order valence-electron chi connectivity index (χ1n) is 7.33. The van der Waals surface area contributed by atoms with E-state index in [9.17, 15) is 4.39 Å². The number of rotatable bonds is 4. The molecule has 22 heavy (non-hydrogen) atoms. The molecule has 6 heteroatoms. The highest BCUT2D eigenvalue weighted by Crippen LogP contribution is 2.34. The van der Waals surface area contributed by atoms with Crippen molar-refractivity contribution in [1.29, 1.82) is 0 Å². The number of nitrogens with one attached hydrogen (secondary N) is 1. The summed E-state index contributed by atoms with van der Waals surface area (Å²) in [6, 6.07) is 5.11. The third-order valence-electron chi connectivity index (χ3n) is 4.03. The summed E-state index contributed by atoms with van der Waals surface area (Å²) in [7, 11) is 3.49. The summed E-state index contributed by atoms with van der Waals surface area (Å²) in [5.41, 5.74) is 2.82. The van der Waals surface area contributed by atoms with Crippen LogP contribution in [-0.4, -0.2) is 23.5 Å². The predicted molar refractivity (Wildman–Crippen MR) is 80.6 cm³/mol. The number of hydrogen-bond donors (Lipinski definition) is 1. The van der Waals surface area contributed by atoms with Crippen LogP contribution < -0.4 is 14.8 Å². The van der Waals surface area contributed by atoms with Crippen molar-refractivity contribution in [2.75, 3.05) is 13.7 Å². The van der Waals surface area contributed by atoms with Crippen molar-refractivity contribution in [3.05, 3.63) is 40.8 Å². The quantitative estimate of drug-likeness (QED) is 0.943. The van der Waals surface area contributed by atoms with E-state index in [1.165, 1.54) is 6.07 Å². The first-order valence-corrected chi connectivity index (χ1v) is 7.33. The van der Waals surface area contributed by atoms with Crippen LogP contribution in [0.5, 0.6) is 11.6 Å². The average molecular weight is 305 g/mol. The second-order valence-electron chi connectivity index (χ2n) is 5.43. The molecule has 1 aromatic heterocycles. The minimum absolute atomic E-state index is 0.0590.